The van der Waals surface area contributed by atoms with Crippen molar-refractivity contribution in [3.63, 3.8) is 0 Å². The van der Waals surface area contributed by atoms with Crippen LogP contribution in [0.15, 0.2) is 74.8 Å². The third kappa shape index (κ3) is 10.1. The highest BCUT2D eigenvalue weighted by Gasteiger charge is 2.03. The van der Waals surface area contributed by atoms with Gasteiger partial charge in [-0.2, -0.15) is 0 Å². The summed E-state index contributed by atoms with van der Waals surface area (Å²) in [4.78, 5) is 4.98. The molecule has 1 atom stereocenters. The normalized spacial score (nSPS) is 11.5. The molecule has 0 aromatic heterocycles. The van der Waals surface area contributed by atoms with Gasteiger partial charge in [-0.15, -0.1) is 0 Å². The minimum atomic E-state index is -0.289. The fourth-order valence-corrected chi connectivity index (χ4v) is 2.30. The van der Waals surface area contributed by atoms with Crippen molar-refractivity contribution in [1.29, 1.82) is 0 Å². The van der Waals surface area contributed by atoms with Gasteiger partial charge >= 0.3 is 0 Å². The van der Waals surface area contributed by atoms with Crippen LogP contribution >= 0.6 is 46.4 Å². The maximum Gasteiger partial charge on any atom is 0.138 e. The van der Waals surface area contributed by atoms with Gasteiger partial charge in [-0.1, -0.05) is 51.6 Å². The second-order valence-corrected chi connectivity index (χ2v) is 7.73. The predicted molar refractivity (Wildman–Crippen MR) is 123 cm³/mol. The average molecular weight is 491 g/mol. The second-order valence-electron chi connectivity index (χ2n) is 5.72. The number of hydrogen-bond donors (Lipinski definition) is 0. The van der Waals surface area contributed by atoms with E-state index in [0.29, 0.717) is 23.0 Å². The molecule has 0 radical (unpaired) electrons. The fraction of sp³-hybridized carbons (Fsp3) is 0.190. The van der Waals surface area contributed by atoms with Gasteiger partial charge in [-0.05, 0) is 67.6 Å². The van der Waals surface area contributed by atoms with Crippen molar-refractivity contribution < 1.29 is 19.0 Å². The van der Waals surface area contributed by atoms with Crippen LogP contribution in [0.5, 0.6) is 23.0 Å². The molecule has 0 spiro atoms. The third-order valence-electron chi connectivity index (χ3n) is 3.35. The van der Waals surface area contributed by atoms with Crippen molar-refractivity contribution >= 4 is 52.6 Å². The van der Waals surface area contributed by atoms with Crippen molar-refractivity contribution in [2.24, 2.45) is 5.16 Å². The van der Waals surface area contributed by atoms with Gasteiger partial charge in [0.1, 0.15) is 51.3 Å². The minimum absolute atomic E-state index is 0.131. The van der Waals surface area contributed by atoms with E-state index in [9.17, 15) is 0 Å². The standard InChI is InChI=1S/C21H19Cl4NO4/c1-15(14-26-28-13-11-21(24)25)29-17-6-8-19(9-7-17)30-18-4-2-16(3-5-18)27-12-10-20(22)23/h2-11,14-15H,12-13H2,1H3. The van der Waals surface area contributed by atoms with Crippen LogP contribution in [0.25, 0.3) is 0 Å². The Labute approximate surface area is 195 Å². The molecule has 2 aromatic rings. The lowest BCUT2D eigenvalue weighted by molar-refractivity contribution is 0.171. The quantitative estimate of drug-likeness (QED) is 0.189. The zero-order chi connectivity index (χ0) is 21.8. The Kier molecular flexibility index (Phi) is 10.7. The first kappa shape index (κ1) is 24.2. The molecule has 0 aliphatic rings. The van der Waals surface area contributed by atoms with E-state index in [-0.39, 0.29) is 28.3 Å². The van der Waals surface area contributed by atoms with Crippen LogP contribution in [0, 0.1) is 0 Å². The van der Waals surface area contributed by atoms with Crippen LogP contribution in [0.2, 0.25) is 0 Å². The Morgan fingerprint density at radius 2 is 1.30 bits per heavy atom. The number of benzene rings is 2. The van der Waals surface area contributed by atoms with Gasteiger partial charge in [0.25, 0.3) is 0 Å². The molecular weight excluding hydrogens is 472 g/mol. The Balaban J connectivity index is 1.80. The predicted octanol–water partition coefficient (Wildman–Crippen LogP) is 7.27. The van der Waals surface area contributed by atoms with Crippen molar-refractivity contribution in [2.45, 2.75) is 13.0 Å². The highest BCUT2D eigenvalue weighted by Crippen LogP contribution is 2.26. The number of hydrogen-bond acceptors (Lipinski definition) is 5. The van der Waals surface area contributed by atoms with Crippen LogP contribution < -0.4 is 14.2 Å². The molecule has 0 saturated heterocycles. The summed E-state index contributed by atoms with van der Waals surface area (Å²) >= 11 is 22.0. The summed E-state index contributed by atoms with van der Waals surface area (Å²) in [6.07, 6.45) is 4.29. The zero-order valence-corrected chi connectivity index (χ0v) is 19.0. The summed E-state index contributed by atoms with van der Waals surface area (Å²) in [5, 5.41) is 3.78. The Morgan fingerprint density at radius 1 is 0.800 bits per heavy atom. The molecule has 5 nitrogen and oxygen atoms in total. The summed E-state index contributed by atoms with van der Waals surface area (Å²) in [6.45, 7) is 2.31. The highest BCUT2D eigenvalue weighted by atomic mass is 35.5. The van der Waals surface area contributed by atoms with E-state index in [2.05, 4.69) is 5.16 Å². The minimum Gasteiger partial charge on any atom is -0.489 e. The smallest absolute Gasteiger partial charge is 0.138 e. The summed E-state index contributed by atoms with van der Waals surface area (Å²) in [5.41, 5.74) is 0. The topological polar surface area (TPSA) is 49.3 Å². The number of nitrogens with zero attached hydrogens (tertiary/aromatic N) is 1. The van der Waals surface area contributed by atoms with Crippen molar-refractivity contribution in [2.75, 3.05) is 13.2 Å². The van der Waals surface area contributed by atoms with Gasteiger partial charge in [-0.25, -0.2) is 0 Å². The number of oxime groups is 1. The van der Waals surface area contributed by atoms with Gasteiger partial charge < -0.3 is 19.0 Å². The molecule has 1 unspecified atom stereocenters. The van der Waals surface area contributed by atoms with Crippen LogP contribution in [0.4, 0.5) is 0 Å². The van der Waals surface area contributed by atoms with Crippen LogP contribution in [0.1, 0.15) is 6.92 Å². The monoisotopic (exact) mass is 489 g/mol. The molecule has 0 saturated carbocycles. The van der Waals surface area contributed by atoms with E-state index in [4.69, 9.17) is 65.5 Å². The molecule has 30 heavy (non-hydrogen) atoms. The third-order valence-corrected chi connectivity index (χ3v) is 3.97. The number of halogens is 4. The Morgan fingerprint density at radius 3 is 1.87 bits per heavy atom. The van der Waals surface area contributed by atoms with E-state index in [1.54, 1.807) is 54.6 Å². The van der Waals surface area contributed by atoms with Gasteiger partial charge in [0.15, 0.2) is 0 Å². The van der Waals surface area contributed by atoms with E-state index in [1.165, 1.54) is 12.3 Å². The van der Waals surface area contributed by atoms with Gasteiger partial charge in [0.2, 0.25) is 0 Å². The maximum absolute atomic E-state index is 5.81. The van der Waals surface area contributed by atoms with E-state index in [1.807, 2.05) is 6.92 Å². The molecule has 0 bridgehead atoms. The maximum atomic E-state index is 5.81. The molecule has 2 aromatic carbocycles. The molecule has 0 heterocycles. The first-order valence-electron chi connectivity index (χ1n) is 8.77. The lowest BCUT2D eigenvalue weighted by atomic mass is 10.3. The SMILES string of the molecule is CC(C=NOCC=C(Cl)Cl)Oc1ccc(Oc2ccc(OCC=C(Cl)Cl)cc2)cc1. The molecule has 2 rings (SSSR count). The summed E-state index contributed by atoms with van der Waals surface area (Å²) in [5.74, 6) is 2.69. The molecule has 0 N–H and O–H groups in total. The van der Waals surface area contributed by atoms with E-state index >= 15 is 0 Å². The van der Waals surface area contributed by atoms with E-state index < -0.39 is 0 Å². The average Bonchev–Trinajstić information content (AvgIpc) is 2.70. The molecule has 9 heteroatoms. The molecular formula is C21H19Cl4NO4. The zero-order valence-electron chi connectivity index (χ0n) is 15.9. The van der Waals surface area contributed by atoms with Gasteiger partial charge in [0.05, 0.1) is 6.21 Å². The summed E-state index contributed by atoms with van der Waals surface area (Å²) in [7, 11) is 0. The second kappa shape index (κ2) is 13.3. The van der Waals surface area contributed by atoms with Crippen LogP contribution in [-0.2, 0) is 4.84 Å². The molecule has 160 valence electrons. The van der Waals surface area contributed by atoms with Gasteiger partial charge in [-0.3, -0.25) is 0 Å². The summed E-state index contributed by atoms with van der Waals surface area (Å²) in [6, 6.07) is 14.4. The van der Waals surface area contributed by atoms with Crippen LogP contribution in [-0.4, -0.2) is 25.5 Å². The first-order chi connectivity index (χ1) is 14.4. The lowest BCUT2D eigenvalue weighted by Gasteiger charge is -2.11. The first-order valence-corrected chi connectivity index (χ1v) is 10.3. The molecule has 0 aliphatic heterocycles. The van der Waals surface area contributed by atoms with Gasteiger partial charge in [0, 0.05) is 0 Å². The van der Waals surface area contributed by atoms with Crippen molar-refractivity contribution in [3.8, 4) is 23.0 Å². The van der Waals surface area contributed by atoms with E-state index in [0.717, 1.165) is 0 Å². The van der Waals surface area contributed by atoms with Crippen LogP contribution in [0.3, 0.4) is 0 Å². The summed E-state index contributed by atoms with van der Waals surface area (Å²) < 4.78 is 17.3. The highest BCUT2D eigenvalue weighted by molar-refractivity contribution is 6.56. The Bertz CT molecular complexity index is 860. The lowest BCUT2D eigenvalue weighted by Crippen LogP contribution is -2.13. The number of rotatable bonds is 11. The fourth-order valence-electron chi connectivity index (χ4n) is 2.04. The molecule has 0 amide bonds. The largest absolute Gasteiger partial charge is 0.489 e. The Hall–Kier alpha value is -2.05. The molecule has 0 aliphatic carbocycles. The van der Waals surface area contributed by atoms with Crippen molar-refractivity contribution in [3.05, 3.63) is 69.7 Å². The number of ether oxygens (including phenoxy) is 3. The molecule has 0 fully saturated rings. The van der Waals surface area contributed by atoms with Crippen molar-refractivity contribution in [1.82, 2.24) is 0 Å².